The van der Waals surface area contributed by atoms with Gasteiger partial charge in [-0.25, -0.2) is 0 Å². The third kappa shape index (κ3) is 3.23. The zero-order chi connectivity index (χ0) is 12.1. The van der Waals surface area contributed by atoms with Crippen LogP contribution < -0.4 is 5.32 Å². The molecule has 2 rings (SSSR count). The second kappa shape index (κ2) is 6.75. The van der Waals surface area contributed by atoms with Crippen LogP contribution in [0.2, 0.25) is 0 Å². The van der Waals surface area contributed by atoms with Gasteiger partial charge in [-0.1, -0.05) is 26.7 Å². The Hall–Kier alpha value is -0.0800. The lowest BCUT2D eigenvalue weighted by molar-refractivity contribution is 0.0332. The summed E-state index contributed by atoms with van der Waals surface area (Å²) in [6.45, 7) is 8.31. The Morgan fingerprint density at radius 3 is 2.35 bits per heavy atom. The van der Waals surface area contributed by atoms with E-state index in [-0.39, 0.29) is 0 Å². The van der Waals surface area contributed by atoms with Gasteiger partial charge in [0.2, 0.25) is 0 Å². The van der Waals surface area contributed by atoms with Crippen LogP contribution in [0.15, 0.2) is 0 Å². The molecule has 0 heterocycles. The number of nitrogens with zero attached hydrogens (tertiary/aromatic N) is 1. The Kier molecular flexibility index (Phi) is 5.30. The van der Waals surface area contributed by atoms with Crippen molar-refractivity contribution in [2.45, 2.75) is 70.9 Å². The molecule has 2 saturated carbocycles. The van der Waals surface area contributed by atoms with Crippen molar-refractivity contribution in [3.8, 4) is 0 Å². The van der Waals surface area contributed by atoms with Crippen LogP contribution in [-0.4, -0.2) is 36.6 Å². The SMILES string of the molecule is CCCNCC1CCC1N(CC)C1CCCC1. The standard InChI is InChI=1S/C15H30N2/c1-3-11-16-12-13-9-10-15(13)17(4-2)14-7-5-6-8-14/h13-16H,3-12H2,1-2H3. The number of rotatable bonds is 7. The molecule has 2 atom stereocenters. The second-order valence-electron chi connectivity index (χ2n) is 5.88. The lowest BCUT2D eigenvalue weighted by atomic mass is 9.77. The summed E-state index contributed by atoms with van der Waals surface area (Å²) in [5.41, 5.74) is 0. The van der Waals surface area contributed by atoms with Gasteiger partial charge in [-0.15, -0.1) is 0 Å². The molecule has 0 spiro atoms. The second-order valence-corrected chi connectivity index (χ2v) is 5.88. The summed E-state index contributed by atoms with van der Waals surface area (Å²) in [5, 5.41) is 3.61. The maximum Gasteiger partial charge on any atom is 0.0139 e. The summed E-state index contributed by atoms with van der Waals surface area (Å²) in [6, 6.07) is 1.81. The normalized spacial score (nSPS) is 29.8. The molecule has 2 unspecified atom stereocenters. The monoisotopic (exact) mass is 238 g/mol. The predicted octanol–water partition coefficient (Wildman–Crippen LogP) is 3.03. The number of hydrogen-bond acceptors (Lipinski definition) is 2. The summed E-state index contributed by atoms with van der Waals surface area (Å²) >= 11 is 0. The minimum atomic E-state index is 0.896. The third-order valence-corrected chi connectivity index (χ3v) is 4.80. The van der Waals surface area contributed by atoms with Gasteiger partial charge in [0.25, 0.3) is 0 Å². The van der Waals surface area contributed by atoms with Crippen LogP contribution >= 0.6 is 0 Å². The van der Waals surface area contributed by atoms with Gasteiger partial charge in [0.05, 0.1) is 0 Å². The molecule has 2 heteroatoms. The van der Waals surface area contributed by atoms with Gasteiger partial charge in [-0.05, 0) is 57.7 Å². The molecular formula is C15H30N2. The molecule has 17 heavy (non-hydrogen) atoms. The van der Waals surface area contributed by atoms with Crippen molar-refractivity contribution < 1.29 is 0 Å². The highest BCUT2D eigenvalue weighted by atomic mass is 15.2. The van der Waals surface area contributed by atoms with Gasteiger partial charge in [0.15, 0.2) is 0 Å². The Bertz CT molecular complexity index is 211. The molecule has 2 aliphatic rings. The summed E-state index contributed by atoms with van der Waals surface area (Å²) in [5.74, 6) is 0.932. The van der Waals surface area contributed by atoms with E-state index < -0.39 is 0 Å². The van der Waals surface area contributed by atoms with Gasteiger partial charge >= 0.3 is 0 Å². The van der Waals surface area contributed by atoms with Gasteiger partial charge in [-0.2, -0.15) is 0 Å². The molecule has 0 saturated heterocycles. The van der Waals surface area contributed by atoms with E-state index in [0.717, 1.165) is 18.0 Å². The van der Waals surface area contributed by atoms with Crippen molar-refractivity contribution in [2.75, 3.05) is 19.6 Å². The minimum absolute atomic E-state index is 0.896. The highest BCUT2D eigenvalue weighted by Gasteiger charge is 2.37. The average molecular weight is 238 g/mol. The molecule has 2 aliphatic carbocycles. The van der Waals surface area contributed by atoms with E-state index in [1.54, 1.807) is 0 Å². The summed E-state index contributed by atoms with van der Waals surface area (Å²) in [4.78, 5) is 2.83. The first-order valence-corrected chi connectivity index (χ1v) is 7.83. The molecule has 0 aromatic rings. The Morgan fingerprint density at radius 1 is 1.06 bits per heavy atom. The van der Waals surface area contributed by atoms with Gasteiger partial charge in [-0.3, -0.25) is 4.90 Å². The lowest BCUT2D eigenvalue weighted by Crippen LogP contribution is -2.53. The molecule has 2 fully saturated rings. The molecule has 0 aromatic carbocycles. The van der Waals surface area contributed by atoms with E-state index in [0.29, 0.717) is 0 Å². The fourth-order valence-corrected chi connectivity index (χ4v) is 3.69. The molecule has 0 aromatic heterocycles. The molecular weight excluding hydrogens is 208 g/mol. The fourth-order valence-electron chi connectivity index (χ4n) is 3.69. The molecule has 100 valence electrons. The highest BCUT2D eigenvalue weighted by Crippen LogP contribution is 2.36. The van der Waals surface area contributed by atoms with Crippen molar-refractivity contribution >= 4 is 0 Å². The van der Waals surface area contributed by atoms with E-state index >= 15 is 0 Å². The first kappa shape index (κ1) is 13.4. The van der Waals surface area contributed by atoms with Crippen molar-refractivity contribution in [2.24, 2.45) is 5.92 Å². The zero-order valence-electron chi connectivity index (χ0n) is 11.8. The number of nitrogens with one attached hydrogen (secondary N) is 1. The summed E-state index contributed by atoms with van der Waals surface area (Å²) in [6.07, 6.45) is 10.0. The van der Waals surface area contributed by atoms with Crippen LogP contribution in [0.5, 0.6) is 0 Å². The van der Waals surface area contributed by atoms with Crippen molar-refractivity contribution in [3.63, 3.8) is 0 Å². The molecule has 0 bridgehead atoms. The maximum absolute atomic E-state index is 3.61. The van der Waals surface area contributed by atoms with Crippen LogP contribution in [0.3, 0.4) is 0 Å². The number of hydrogen-bond donors (Lipinski definition) is 1. The van der Waals surface area contributed by atoms with Gasteiger partial charge < -0.3 is 5.32 Å². The molecule has 0 aliphatic heterocycles. The summed E-state index contributed by atoms with van der Waals surface area (Å²) < 4.78 is 0. The topological polar surface area (TPSA) is 15.3 Å². The van der Waals surface area contributed by atoms with Crippen LogP contribution in [0.4, 0.5) is 0 Å². The molecule has 0 amide bonds. The smallest absolute Gasteiger partial charge is 0.0139 e. The fraction of sp³-hybridized carbons (Fsp3) is 1.00. The third-order valence-electron chi connectivity index (χ3n) is 4.80. The Labute approximate surface area is 107 Å². The van der Waals surface area contributed by atoms with Crippen LogP contribution in [-0.2, 0) is 0 Å². The summed E-state index contributed by atoms with van der Waals surface area (Å²) in [7, 11) is 0. The van der Waals surface area contributed by atoms with Gasteiger partial charge in [0, 0.05) is 12.1 Å². The zero-order valence-corrected chi connectivity index (χ0v) is 11.8. The first-order valence-electron chi connectivity index (χ1n) is 7.83. The highest BCUT2D eigenvalue weighted by molar-refractivity contribution is 4.93. The van der Waals surface area contributed by atoms with Crippen LogP contribution in [0.1, 0.15) is 58.8 Å². The predicted molar refractivity (Wildman–Crippen MR) is 74.3 cm³/mol. The van der Waals surface area contributed by atoms with Crippen molar-refractivity contribution in [1.82, 2.24) is 10.2 Å². The first-order chi connectivity index (χ1) is 8.36. The van der Waals surface area contributed by atoms with E-state index in [4.69, 9.17) is 0 Å². The van der Waals surface area contributed by atoms with E-state index in [1.807, 2.05) is 0 Å². The van der Waals surface area contributed by atoms with Crippen LogP contribution in [0, 0.1) is 5.92 Å². The molecule has 1 N–H and O–H groups in total. The largest absolute Gasteiger partial charge is 0.316 e. The van der Waals surface area contributed by atoms with Crippen LogP contribution in [0.25, 0.3) is 0 Å². The maximum atomic E-state index is 3.61. The minimum Gasteiger partial charge on any atom is -0.316 e. The average Bonchev–Trinajstić information content (AvgIpc) is 2.83. The van der Waals surface area contributed by atoms with Crippen molar-refractivity contribution in [1.29, 1.82) is 0 Å². The van der Waals surface area contributed by atoms with Crippen molar-refractivity contribution in [3.05, 3.63) is 0 Å². The van der Waals surface area contributed by atoms with Gasteiger partial charge in [0.1, 0.15) is 0 Å². The lowest BCUT2D eigenvalue weighted by Gasteiger charge is -2.47. The molecule has 0 radical (unpaired) electrons. The quantitative estimate of drug-likeness (QED) is 0.686. The van der Waals surface area contributed by atoms with E-state index in [1.165, 1.54) is 64.6 Å². The Morgan fingerprint density at radius 2 is 1.82 bits per heavy atom. The van der Waals surface area contributed by atoms with E-state index in [2.05, 4.69) is 24.1 Å². The Balaban J connectivity index is 1.78. The van der Waals surface area contributed by atoms with E-state index in [9.17, 15) is 0 Å². The molecule has 2 nitrogen and oxygen atoms in total.